The van der Waals surface area contributed by atoms with Gasteiger partial charge in [-0.15, -0.1) is 10.2 Å². The predicted molar refractivity (Wildman–Crippen MR) is 124 cm³/mol. The quantitative estimate of drug-likeness (QED) is 0.309. The molecule has 10 nitrogen and oxygen atoms in total. The van der Waals surface area contributed by atoms with Crippen molar-refractivity contribution in [2.45, 2.75) is 37.8 Å². The van der Waals surface area contributed by atoms with Crippen LogP contribution in [0.5, 0.6) is 0 Å². The number of anilines is 1. The summed E-state index contributed by atoms with van der Waals surface area (Å²) in [7, 11) is 0. The Hall–Kier alpha value is -3.25. The second-order valence-electron chi connectivity index (χ2n) is 6.80. The Morgan fingerprint density at radius 2 is 1.91 bits per heavy atom. The van der Waals surface area contributed by atoms with Gasteiger partial charge in [-0.3, -0.25) is 19.5 Å². The van der Waals surface area contributed by atoms with Gasteiger partial charge < -0.3 is 4.57 Å². The lowest BCUT2D eigenvalue weighted by atomic mass is 10.2. The number of imidazole rings is 1. The summed E-state index contributed by atoms with van der Waals surface area (Å²) in [4.78, 5) is 43.4. The second-order valence-corrected chi connectivity index (χ2v) is 9.29. The van der Waals surface area contributed by atoms with E-state index in [1.54, 1.807) is 4.57 Å². The van der Waals surface area contributed by atoms with Crippen molar-refractivity contribution in [1.29, 1.82) is 0 Å². The summed E-state index contributed by atoms with van der Waals surface area (Å²) in [6.45, 7) is 4.17. The van der Waals surface area contributed by atoms with Gasteiger partial charge in [-0.2, -0.15) is 0 Å². The van der Waals surface area contributed by atoms with Crippen LogP contribution in [0.2, 0.25) is 0 Å². The number of nitrogens with one attached hydrogen (secondary N) is 1. The highest BCUT2D eigenvalue weighted by Gasteiger charge is 2.20. The zero-order chi connectivity index (χ0) is 22.7. The van der Waals surface area contributed by atoms with Gasteiger partial charge in [0.25, 0.3) is 5.56 Å². The normalized spacial score (nSPS) is 11.2. The SMILES string of the molecule is CCSc1nnc(NC(=O)Cn2c(=O)c3c(ncn3CC)n(Cc3ccccc3)c2=O)s1. The lowest BCUT2D eigenvalue weighted by molar-refractivity contribution is -0.116. The van der Waals surface area contributed by atoms with Crippen LogP contribution in [-0.4, -0.2) is 40.5 Å². The van der Waals surface area contributed by atoms with Gasteiger partial charge in [-0.25, -0.2) is 14.3 Å². The van der Waals surface area contributed by atoms with E-state index < -0.39 is 23.7 Å². The standard InChI is InChI=1S/C20H21N7O3S2/c1-3-25-12-21-16-15(25)17(29)27(20(30)26(16)10-13-8-6-5-7-9-13)11-14(28)22-18-23-24-19(32-18)31-4-2/h5-9,12H,3-4,10-11H2,1-2H3,(H,22,23,28). The van der Waals surface area contributed by atoms with E-state index >= 15 is 0 Å². The smallest absolute Gasteiger partial charge is 0.325 e. The highest BCUT2D eigenvalue weighted by molar-refractivity contribution is 8.01. The van der Waals surface area contributed by atoms with Crippen molar-refractivity contribution in [3.8, 4) is 0 Å². The zero-order valence-corrected chi connectivity index (χ0v) is 19.2. The van der Waals surface area contributed by atoms with E-state index in [1.165, 1.54) is 34.0 Å². The third kappa shape index (κ3) is 4.36. The molecule has 0 saturated heterocycles. The van der Waals surface area contributed by atoms with E-state index in [0.717, 1.165) is 20.2 Å². The highest BCUT2D eigenvalue weighted by atomic mass is 32.2. The third-order valence-electron chi connectivity index (χ3n) is 4.73. The molecule has 12 heteroatoms. The Morgan fingerprint density at radius 3 is 2.62 bits per heavy atom. The van der Waals surface area contributed by atoms with E-state index in [9.17, 15) is 14.4 Å². The van der Waals surface area contributed by atoms with E-state index in [1.807, 2.05) is 44.2 Å². The summed E-state index contributed by atoms with van der Waals surface area (Å²) in [5, 5.41) is 10.9. The van der Waals surface area contributed by atoms with Crippen molar-refractivity contribution < 1.29 is 4.79 Å². The molecule has 0 atom stereocenters. The Kier molecular flexibility index (Phi) is 6.51. The number of thioether (sulfide) groups is 1. The van der Waals surface area contributed by atoms with Crippen LogP contribution in [0, 0.1) is 0 Å². The molecule has 4 aromatic rings. The molecule has 0 aliphatic rings. The summed E-state index contributed by atoms with van der Waals surface area (Å²) in [5.74, 6) is 0.311. The second kappa shape index (κ2) is 9.49. The maximum atomic E-state index is 13.3. The molecular weight excluding hydrogens is 450 g/mol. The van der Waals surface area contributed by atoms with Gasteiger partial charge in [0.15, 0.2) is 15.5 Å². The Bertz CT molecular complexity index is 1370. The largest absolute Gasteiger partial charge is 0.333 e. The minimum atomic E-state index is -0.595. The number of aromatic nitrogens is 6. The maximum absolute atomic E-state index is 13.3. The summed E-state index contributed by atoms with van der Waals surface area (Å²) < 4.78 is 4.77. The van der Waals surface area contributed by atoms with E-state index in [0.29, 0.717) is 17.3 Å². The lowest BCUT2D eigenvalue weighted by Gasteiger charge is -2.12. The number of amides is 1. The average molecular weight is 472 g/mol. The van der Waals surface area contributed by atoms with Gasteiger partial charge in [-0.05, 0) is 18.2 Å². The van der Waals surface area contributed by atoms with Crippen molar-refractivity contribution in [3.63, 3.8) is 0 Å². The van der Waals surface area contributed by atoms with Crippen LogP contribution in [-0.2, 0) is 24.4 Å². The topological polar surface area (TPSA) is 117 Å². The predicted octanol–water partition coefficient (Wildman–Crippen LogP) is 2.03. The first-order chi connectivity index (χ1) is 15.5. The number of rotatable bonds is 8. The number of nitrogens with zero attached hydrogens (tertiary/aromatic N) is 6. The van der Waals surface area contributed by atoms with Gasteiger partial charge in [0.05, 0.1) is 12.9 Å². The van der Waals surface area contributed by atoms with Crippen LogP contribution in [0.4, 0.5) is 5.13 Å². The van der Waals surface area contributed by atoms with E-state index in [4.69, 9.17) is 0 Å². The number of aryl methyl sites for hydroxylation is 1. The lowest BCUT2D eigenvalue weighted by Crippen LogP contribution is -2.43. The highest BCUT2D eigenvalue weighted by Crippen LogP contribution is 2.24. The molecule has 0 fully saturated rings. The molecule has 1 amide bonds. The summed E-state index contributed by atoms with van der Waals surface area (Å²) in [5.41, 5.74) is 0.318. The number of carbonyl (C=O) groups is 1. The first kappa shape index (κ1) is 22.0. The van der Waals surface area contributed by atoms with Crippen LogP contribution in [0.15, 0.2) is 50.6 Å². The molecule has 166 valence electrons. The molecule has 0 unspecified atom stereocenters. The van der Waals surface area contributed by atoms with Crippen molar-refractivity contribution in [3.05, 3.63) is 63.1 Å². The van der Waals surface area contributed by atoms with Crippen molar-refractivity contribution in [1.82, 2.24) is 28.9 Å². The molecule has 0 saturated carbocycles. The van der Waals surface area contributed by atoms with Gasteiger partial charge in [0.2, 0.25) is 11.0 Å². The fourth-order valence-corrected chi connectivity index (χ4v) is 4.94. The number of hydrogen-bond acceptors (Lipinski definition) is 8. The molecule has 0 aliphatic heterocycles. The fraction of sp³-hybridized carbons (Fsp3) is 0.300. The van der Waals surface area contributed by atoms with Gasteiger partial charge in [0, 0.05) is 6.54 Å². The number of hydrogen-bond donors (Lipinski definition) is 1. The van der Waals surface area contributed by atoms with Gasteiger partial charge in [-0.1, -0.05) is 60.4 Å². The molecule has 3 aromatic heterocycles. The summed E-state index contributed by atoms with van der Waals surface area (Å²) >= 11 is 2.76. The number of fused-ring (bicyclic) bond motifs is 1. The molecule has 32 heavy (non-hydrogen) atoms. The molecule has 0 bridgehead atoms. The molecule has 1 N–H and O–H groups in total. The van der Waals surface area contributed by atoms with Crippen LogP contribution >= 0.6 is 23.1 Å². The molecule has 3 heterocycles. The first-order valence-corrected chi connectivity index (χ1v) is 11.8. The molecule has 4 rings (SSSR count). The molecule has 0 spiro atoms. The van der Waals surface area contributed by atoms with E-state index in [2.05, 4.69) is 20.5 Å². The summed E-state index contributed by atoms with van der Waals surface area (Å²) in [6, 6.07) is 9.41. The number of benzene rings is 1. The molecule has 0 aliphatic carbocycles. The first-order valence-electron chi connectivity index (χ1n) is 10.00. The fourth-order valence-electron chi connectivity index (χ4n) is 3.27. The molecule has 1 aromatic carbocycles. The van der Waals surface area contributed by atoms with Crippen LogP contribution in [0.25, 0.3) is 11.2 Å². The minimum Gasteiger partial charge on any atom is -0.325 e. The Morgan fingerprint density at radius 1 is 1.12 bits per heavy atom. The van der Waals surface area contributed by atoms with E-state index in [-0.39, 0.29) is 12.1 Å². The molecular formula is C20H21N7O3S2. The Balaban J connectivity index is 1.72. The minimum absolute atomic E-state index is 0.229. The van der Waals surface area contributed by atoms with Crippen LogP contribution in [0.1, 0.15) is 19.4 Å². The zero-order valence-electron chi connectivity index (χ0n) is 17.5. The van der Waals surface area contributed by atoms with Crippen molar-refractivity contribution >= 4 is 45.3 Å². The van der Waals surface area contributed by atoms with Crippen molar-refractivity contribution in [2.75, 3.05) is 11.1 Å². The van der Waals surface area contributed by atoms with Gasteiger partial charge in [0.1, 0.15) is 6.54 Å². The molecule has 0 radical (unpaired) electrons. The number of carbonyl (C=O) groups excluding carboxylic acids is 1. The summed E-state index contributed by atoms with van der Waals surface area (Å²) in [6.07, 6.45) is 1.53. The van der Waals surface area contributed by atoms with Gasteiger partial charge >= 0.3 is 5.69 Å². The Labute approximate surface area is 190 Å². The van der Waals surface area contributed by atoms with Crippen molar-refractivity contribution in [2.24, 2.45) is 0 Å². The third-order valence-corrected chi connectivity index (χ3v) is 6.58. The van der Waals surface area contributed by atoms with Crippen LogP contribution in [0.3, 0.4) is 0 Å². The van der Waals surface area contributed by atoms with Crippen LogP contribution < -0.4 is 16.6 Å². The maximum Gasteiger partial charge on any atom is 0.333 e. The average Bonchev–Trinajstić information content (AvgIpc) is 3.42. The monoisotopic (exact) mass is 471 g/mol.